The van der Waals surface area contributed by atoms with Crippen LogP contribution in [0.25, 0.3) is 11.1 Å². The van der Waals surface area contributed by atoms with Gasteiger partial charge in [-0.2, -0.15) is 0 Å². The van der Waals surface area contributed by atoms with Gasteiger partial charge in [0, 0.05) is 29.6 Å². The summed E-state index contributed by atoms with van der Waals surface area (Å²) in [5.41, 5.74) is 2.90. The van der Waals surface area contributed by atoms with Gasteiger partial charge in [0.25, 0.3) is 5.91 Å². The zero-order valence-corrected chi connectivity index (χ0v) is 17.0. The minimum Gasteiger partial charge on any atom is -0.349 e. The average molecular weight is 405 g/mol. The maximum atomic E-state index is 12.6. The number of nitrogens with zero attached hydrogens (tertiary/aromatic N) is 1. The minimum absolute atomic E-state index is 0.0482. The number of rotatable bonds is 5. The van der Waals surface area contributed by atoms with Gasteiger partial charge in [0.1, 0.15) is 0 Å². The Kier molecular flexibility index (Phi) is 6.06. The van der Waals surface area contributed by atoms with E-state index < -0.39 is 0 Å². The normalized spacial score (nSPS) is 14.6. The number of benzene rings is 2. The first-order valence-corrected chi connectivity index (χ1v) is 10.8. The van der Waals surface area contributed by atoms with Crippen LogP contribution in [0.15, 0.2) is 72.1 Å². The Labute approximate surface area is 175 Å². The van der Waals surface area contributed by atoms with Gasteiger partial charge in [-0.05, 0) is 47.5 Å². The molecule has 4 nitrogen and oxygen atoms in total. The molecule has 148 valence electrons. The zero-order chi connectivity index (χ0) is 20.1. The van der Waals surface area contributed by atoms with Crippen LogP contribution in [-0.4, -0.2) is 35.8 Å². The molecule has 0 bridgehead atoms. The summed E-state index contributed by atoms with van der Waals surface area (Å²) in [5, 5.41) is 5.12. The molecule has 1 aromatic heterocycles. The van der Waals surface area contributed by atoms with Crippen molar-refractivity contribution in [3.05, 3.63) is 82.6 Å². The Morgan fingerprint density at radius 3 is 2.24 bits per heavy atom. The summed E-state index contributed by atoms with van der Waals surface area (Å²) >= 11 is 1.62. The topological polar surface area (TPSA) is 49.4 Å². The van der Waals surface area contributed by atoms with E-state index >= 15 is 0 Å². The third-order valence-corrected chi connectivity index (χ3v) is 6.22. The van der Waals surface area contributed by atoms with Gasteiger partial charge in [-0.25, -0.2) is 0 Å². The number of carbonyl (C=O) groups is 2. The summed E-state index contributed by atoms with van der Waals surface area (Å²) in [6, 6.07) is 21.9. The molecule has 5 heteroatoms. The smallest absolute Gasteiger partial charge is 0.251 e. The summed E-state index contributed by atoms with van der Waals surface area (Å²) in [6.45, 7) is 1.39. The van der Waals surface area contributed by atoms with Crippen LogP contribution < -0.4 is 5.32 Å². The molecule has 2 amide bonds. The highest BCUT2D eigenvalue weighted by molar-refractivity contribution is 7.10. The molecule has 1 saturated heterocycles. The number of hydrogen-bond acceptors (Lipinski definition) is 3. The van der Waals surface area contributed by atoms with E-state index in [0.717, 1.165) is 28.8 Å². The fraction of sp³-hybridized carbons (Fsp3) is 0.250. The molecule has 1 fully saturated rings. The molecule has 2 heterocycles. The number of piperidine rings is 1. The minimum atomic E-state index is -0.0482. The highest BCUT2D eigenvalue weighted by Crippen LogP contribution is 2.20. The van der Waals surface area contributed by atoms with Gasteiger partial charge in [-0.1, -0.05) is 48.5 Å². The van der Waals surface area contributed by atoms with Crippen LogP contribution in [0.1, 0.15) is 28.1 Å². The van der Waals surface area contributed by atoms with Crippen molar-refractivity contribution >= 4 is 23.2 Å². The number of amides is 2. The second-order valence-corrected chi connectivity index (χ2v) is 8.36. The van der Waals surface area contributed by atoms with Crippen LogP contribution in [0.5, 0.6) is 0 Å². The molecule has 4 rings (SSSR count). The van der Waals surface area contributed by atoms with E-state index in [1.165, 1.54) is 0 Å². The first-order valence-electron chi connectivity index (χ1n) is 9.95. The van der Waals surface area contributed by atoms with Crippen LogP contribution in [0.4, 0.5) is 0 Å². The predicted octanol–water partition coefficient (Wildman–Crippen LogP) is 4.38. The van der Waals surface area contributed by atoms with Crippen LogP contribution in [0.2, 0.25) is 0 Å². The Morgan fingerprint density at radius 2 is 1.59 bits per heavy atom. The molecular formula is C24H24N2O2S. The zero-order valence-electron chi connectivity index (χ0n) is 16.2. The lowest BCUT2D eigenvalue weighted by atomic mass is 10.0. The number of hydrogen-bond donors (Lipinski definition) is 1. The maximum absolute atomic E-state index is 12.6. The van der Waals surface area contributed by atoms with E-state index in [-0.39, 0.29) is 17.9 Å². The Balaban J connectivity index is 1.28. The standard InChI is InChI=1S/C24H24N2O2S/c27-23(17-22-7-4-16-29-22)26-14-12-21(13-15-26)25-24(28)20-10-8-19(9-11-20)18-5-2-1-3-6-18/h1-11,16,21H,12-15,17H2,(H,25,28). The number of carbonyl (C=O) groups excluding carboxylic acids is 2. The number of thiophene rings is 1. The summed E-state index contributed by atoms with van der Waals surface area (Å²) in [4.78, 5) is 28.0. The van der Waals surface area contributed by atoms with Crippen LogP contribution in [0.3, 0.4) is 0 Å². The van der Waals surface area contributed by atoms with Crippen LogP contribution in [0, 0.1) is 0 Å². The van der Waals surface area contributed by atoms with Gasteiger partial charge in [-0.3, -0.25) is 9.59 Å². The van der Waals surface area contributed by atoms with E-state index in [9.17, 15) is 9.59 Å². The third-order valence-electron chi connectivity index (χ3n) is 5.34. The predicted molar refractivity (Wildman–Crippen MR) is 117 cm³/mol. The fourth-order valence-electron chi connectivity index (χ4n) is 3.66. The number of likely N-dealkylation sites (tertiary alicyclic amines) is 1. The lowest BCUT2D eigenvalue weighted by molar-refractivity contribution is -0.131. The first-order chi connectivity index (χ1) is 14.2. The van der Waals surface area contributed by atoms with Gasteiger partial charge in [0.15, 0.2) is 0 Å². The van der Waals surface area contributed by atoms with Crippen molar-refractivity contribution in [1.29, 1.82) is 0 Å². The van der Waals surface area contributed by atoms with Crippen molar-refractivity contribution in [2.24, 2.45) is 0 Å². The molecule has 3 aromatic rings. The molecule has 0 unspecified atom stereocenters. The molecule has 0 spiro atoms. The van der Waals surface area contributed by atoms with Gasteiger partial charge >= 0.3 is 0 Å². The molecule has 1 aliphatic heterocycles. The third kappa shape index (κ3) is 4.93. The fourth-order valence-corrected chi connectivity index (χ4v) is 4.36. The van der Waals surface area contributed by atoms with E-state index in [1.807, 2.05) is 64.9 Å². The average Bonchev–Trinajstić information content (AvgIpc) is 3.28. The number of nitrogens with one attached hydrogen (secondary N) is 1. The molecule has 1 N–H and O–H groups in total. The van der Waals surface area contributed by atoms with E-state index in [2.05, 4.69) is 17.4 Å². The Morgan fingerprint density at radius 1 is 0.897 bits per heavy atom. The Hall–Kier alpha value is -2.92. The molecule has 0 aliphatic carbocycles. The summed E-state index contributed by atoms with van der Waals surface area (Å²) < 4.78 is 0. The van der Waals surface area contributed by atoms with Crippen molar-refractivity contribution in [3.8, 4) is 11.1 Å². The molecule has 2 aromatic carbocycles. The second-order valence-electron chi connectivity index (χ2n) is 7.33. The van der Waals surface area contributed by atoms with Crippen molar-refractivity contribution in [3.63, 3.8) is 0 Å². The van der Waals surface area contributed by atoms with Gasteiger partial charge in [-0.15, -0.1) is 11.3 Å². The van der Waals surface area contributed by atoms with E-state index in [0.29, 0.717) is 25.1 Å². The molecule has 0 radical (unpaired) electrons. The van der Waals surface area contributed by atoms with Crippen LogP contribution >= 0.6 is 11.3 Å². The maximum Gasteiger partial charge on any atom is 0.251 e. The van der Waals surface area contributed by atoms with Crippen molar-refractivity contribution in [1.82, 2.24) is 10.2 Å². The summed E-state index contributed by atoms with van der Waals surface area (Å²) in [5.74, 6) is 0.127. The van der Waals surface area contributed by atoms with Crippen molar-refractivity contribution in [2.75, 3.05) is 13.1 Å². The van der Waals surface area contributed by atoms with Gasteiger partial charge < -0.3 is 10.2 Å². The highest BCUT2D eigenvalue weighted by atomic mass is 32.1. The van der Waals surface area contributed by atoms with Gasteiger partial charge in [0.2, 0.25) is 5.91 Å². The van der Waals surface area contributed by atoms with Crippen LogP contribution in [-0.2, 0) is 11.2 Å². The summed E-state index contributed by atoms with van der Waals surface area (Å²) in [6.07, 6.45) is 2.07. The molecule has 0 saturated carbocycles. The molecule has 1 aliphatic rings. The highest BCUT2D eigenvalue weighted by Gasteiger charge is 2.24. The Bertz CT molecular complexity index is 944. The SMILES string of the molecule is O=C(NC1CCN(C(=O)Cc2cccs2)CC1)c1ccc(-c2ccccc2)cc1. The largest absolute Gasteiger partial charge is 0.349 e. The van der Waals surface area contributed by atoms with Gasteiger partial charge in [0.05, 0.1) is 6.42 Å². The monoisotopic (exact) mass is 404 g/mol. The molecular weight excluding hydrogens is 380 g/mol. The van der Waals surface area contributed by atoms with E-state index in [4.69, 9.17) is 0 Å². The summed E-state index contributed by atoms with van der Waals surface area (Å²) in [7, 11) is 0. The lowest BCUT2D eigenvalue weighted by Crippen LogP contribution is -2.46. The molecule has 0 atom stereocenters. The first kappa shape index (κ1) is 19.4. The molecule has 29 heavy (non-hydrogen) atoms. The quantitative estimate of drug-likeness (QED) is 0.686. The second kappa shape index (κ2) is 9.05. The van der Waals surface area contributed by atoms with Crippen molar-refractivity contribution < 1.29 is 9.59 Å². The van der Waals surface area contributed by atoms with Crippen molar-refractivity contribution in [2.45, 2.75) is 25.3 Å². The lowest BCUT2D eigenvalue weighted by Gasteiger charge is -2.32. The van der Waals surface area contributed by atoms with E-state index in [1.54, 1.807) is 11.3 Å².